The van der Waals surface area contributed by atoms with Crippen LogP contribution in [0.5, 0.6) is 0 Å². The van der Waals surface area contributed by atoms with Crippen molar-refractivity contribution < 1.29 is 18.7 Å². The molecule has 5 nitrogen and oxygen atoms in total. The molecule has 1 heterocycles. The number of nitrogens with one attached hydrogen (secondary N) is 1. The molecule has 3 rings (SSSR count). The number of hydrogen-bond donors (Lipinski definition) is 1. The van der Waals surface area contributed by atoms with Crippen LogP contribution in [0.15, 0.2) is 59.0 Å². The first kappa shape index (κ1) is 16.1. The van der Waals surface area contributed by atoms with E-state index < -0.39 is 5.97 Å². The van der Waals surface area contributed by atoms with E-state index in [1.807, 2.05) is 30.3 Å². The van der Waals surface area contributed by atoms with Gasteiger partial charge in [-0.05, 0) is 29.8 Å². The highest BCUT2D eigenvalue weighted by Crippen LogP contribution is 2.23. The molecule has 0 aliphatic rings. The molecule has 0 atom stereocenters. The van der Waals surface area contributed by atoms with Gasteiger partial charge in [0, 0.05) is 17.0 Å². The first-order chi connectivity index (χ1) is 11.6. The Balaban J connectivity index is 1.53. The van der Waals surface area contributed by atoms with Crippen molar-refractivity contribution in [3.05, 3.63) is 70.9 Å². The first-order valence-electron chi connectivity index (χ1n) is 7.29. The van der Waals surface area contributed by atoms with Gasteiger partial charge < -0.3 is 14.5 Å². The molecule has 6 heteroatoms. The lowest BCUT2D eigenvalue weighted by Crippen LogP contribution is -2.28. The highest BCUT2D eigenvalue weighted by Gasteiger charge is 2.15. The molecule has 0 radical (unpaired) electrons. The van der Waals surface area contributed by atoms with Gasteiger partial charge in [0.1, 0.15) is 5.58 Å². The van der Waals surface area contributed by atoms with Crippen molar-refractivity contribution in [2.45, 2.75) is 6.54 Å². The predicted molar refractivity (Wildman–Crippen MR) is 89.8 cm³/mol. The van der Waals surface area contributed by atoms with Gasteiger partial charge in [-0.3, -0.25) is 4.79 Å². The van der Waals surface area contributed by atoms with Crippen LogP contribution in [0.3, 0.4) is 0 Å². The number of esters is 1. The molecule has 0 bridgehead atoms. The molecule has 1 N–H and O–H groups in total. The van der Waals surface area contributed by atoms with Gasteiger partial charge >= 0.3 is 5.97 Å². The number of furan rings is 1. The summed E-state index contributed by atoms with van der Waals surface area (Å²) in [5.74, 6) is -1.05. The molecule has 0 spiro atoms. The van der Waals surface area contributed by atoms with Crippen LogP contribution in [0.2, 0.25) is 5.02 Å². The van der Waals surface area contributed by atoms with E-state index >= 15 is 0 Å². The zero-order valence-electron chi connectivity index (χ0n) is 12.6. The highest BCUT2D eigenvalue weighted by atomic mass is 35.5. The Labute approximate surface area is 143 Å². The number of fused-ring (bicyclic) bond motifs is 1. The van der Waals surface area contributed by atoms with Gasteiger partial charge in [-0.25, -0.2) is 4.79 Å². The van der Waals surface area contributed by atoms with Gasteiger partial charge in [-0.1, -0.05) is 41.9 Å². The van der Waals surface area contributed by atoms with Crippen LogP contribution in [0.4, 0.5) is 0 Å². The molecule has 0 unspecified atom stereocenters. The monoisotopic (exact) mass is 343 g/mol. The number of halogens is 1. The summed E-state index contributed by atoms with van der Waals surface area (Å²) in [4.78, 5) is 23.7. The van der Waals surface area contributed by atoms with Crippen molar-refractivity contribution in [1.29, 1.82) is 0 Å². The summed E-state index contributed by atoms with van der Waals surface area (Å²) in [6.45, 7) is 0.00380. The van der Waals surface area contributed by atoms with Gasteiger partial charge in [-0.2, -0.15) is 0 Å². The second-order valence-electron chi connectivity index (χ2n) is 5.13. The van der Waals surface area contributed by atoms with E-state index in [2.05, 4.69) is 5.32 Å². The highest BCUT2D eigenvalue weighted by molar-refractivity contribution is 6.31. The molecular formula is C18H14ClNO4. The summed E-state index contributed by atoms with van der Waals surface area (Å²) in [6.07, 6.45) is 0. The average molecular weight is 344 g/mol. The SMILES string of the molecule is O=C(COC(=O)c1cc2cc(Cl)ccc2o1)NCc1ccccc1. The molecule has 2 aromatic carbocycles. The number of ether oxygens (including phenoxy) is 1. The van der Waals surface area contributed by atoms with Crippen molar-refractivity contribution in [2.75, 3.05) is 6.61 Å². The molecule has 0 fully saturated rings. The predicted octanol–water partition coefficient (Wildman–Crippen LogP) is 3.56. The Morgan fingerprint density at radius 1 is 1.08 bits per heavy atom. The van der Waals surface area contributed by atoms with E-state index in [1.165, 1.54) is 6.07 Å². The van der Waals surface area contributed by atoms with Crippen molar-refractivity contribution in [3.63, 3.8) is 0 Å². The second-order valence-corrected chi connectivity index (χ2v) is 5.57. The van der Waals surface area contributed by atoms with Crippen LogP contribution in [-0.4, -0.2) is 18.5 Å². The maximum absolute atomic E-state index is 11.9. The molecule has 0 aliphatic carbocycles. The second kappa shape index (κ2) is 7.19. The molecule has 1 aromatic heterocycles. The fraction of sp³-hybridized carbons (Fsp3) is 0.111. The number of carbonyl (C=O) groups is 2. The van der Waals surface area contributed by atoms with E-state index in [9.17, 15) is 9.59 Å². The fourth-order valence-electron chi connectivity index (χ4n) is 2.16. The number of rotatable bonds is 5. The third kappa shape index (κ3) is 3.94. The molecule has 0 saturated carbocycles. The van der Waals surface area contributed by atoms with Crippen molar-refractivity contribution in [3.8, 4) is 0 Å². The van der Waals surface area contributed by atoms with Gasteiger partial charge in [0.2, 0.25) is 5.76 Å². The van der Waals surface area contributed by atoms with E-state index in [1.54, 1.807) is 18.2 Å². The van der Waals surface area contributed by atoms with E-state index in [0.717, 1.165) is 5.56 Å². The van der Waals surface area contributed by atoms with Gasteiger partial charge in [-0.15, -0.1) is 0 Å². The largest absolute Gasteiger partial charge is 0.450 e. The number of hydrogen-bond acceptors (Lipinski definition) is 4. The summed E-state index contributed by atoms with van der Waals surface area (Å²) >= 11 is 5.88. The van der Waals surface area contributed by atoms with Gasteiger partial charge in [0.05, 0.1) is 0 Å². The minimum absolute atomic E-state index is 0.0307. The normalized spacial score (nSPS) is 10.5. The summed E-state index contributed by atoms with van der Waals surface area (Å²) < 4.78 is 10.3. The number of benzene rings is 2. The minimum Gasteiger partial charge on any atom is -0.450 e. The van der Waals surface area contributed by atoms with Crippen molar-refractivity contribution >= 4 is 34.4 Å². The topological polar surface area (TPSA) is 68.5 Å². The summed E-state index contributed by atoms with van der Waals surface area (Å²) in [5.41, 5.74) is 1.49. The van der Waals surface area contributed by atoms with Crippen LogP contribution in [0.1, 0.15) is 16.1 Å². The lowest BCUT2D eigenvalue weighted by molar-refractivity contribution is -0.124. The third-order valence-electron chi connectivity index (χ3n) is 3.35. The quantitative estimate of drug-likeness (QED) is 0.719. The Morgan fingerprint density at radius 2 is 1.88 bits per heavy atom. The molecule has 122 valence electrons. The summed E-state index contributed by atoms with van der Waals surface area (Å²) in [7, 11) is 0. The lowest BCUT2D eigenvalue weighted by Gasteiger charge is -2.05. The fourth-order valence-corrected chi connectivity index (χ4v) is 2.35. The van der Waals surface area contributed by atoms with Crippen LogP contribution in [0, 0.1) is 0 Å². The molecular weight excluding hydrogens is 330 g/mol. The Morgan fingerprint density at radius 3 is 2.67 bits per heavy atom. The molecule has 3 aromatic rings. The molecule has 1 amide bonds. The van der Waals surface area contributed by atoms with Crippen LogP contribution < -0.4 is 5.32 Å². The zero-order valence-corrected chi connectivity index (χ0v) is 13.4. The Hall–Kier alpha value is -2.79. The lowest BCUT2D eigenvalue weighted by atomic mass is 10.2. The summed E-state index contributed by atoms with van der Waals surface area (Å²) in [5, 5.41) is 3.92. The van der Waals surface area contributed by atoms with Gasteiger partial charge in [0.25, 0.3) is 5.91 Å². The standard InChI is InChI=1S/C18H14ClNO4/c19-14-6-7-15-13(8-14)9-16(24-15)18(22)23-11-17(21)20-10-12-4-2-1-3-5-12/h1-9H,10-11H2,(H,20,21). The number of amides is 1. The van der Waals surface area contributed by atoms with Crippen molar-refractivity contribution in [2.24, 2.45) is 0 Å². The Kier molecular flexibility index (Phi) is 4.82. The first-order valence-corrected chi connectivity index (χ1v) is 7.66. The number of carbonyl (C=O) groups excluding carboxylic acids is 2. The van der Waals surface area contributed by atoms with Crippen LogP contribution >= 0.6 is 11.6 Å². The summed E-state index contributed by atoms with van der Waals surface area (Å²) in [6, 6.07) is 16.0. The van der Waals surface area contributed by atoms with Crippen LogP contribution in [0.25, 0.3) is 11.0 Å². The van der Waals surface area contributed by atoms with E-state index in [4.69, 9.17) is 20.8 Å². The molecule has 24 heavy (non-hydrogen) atoms. The Bertz CT molecular complexity index is 873. The minimum atomic E-state index is -0.697. The molecule has 0 saturated heterocycles. The average Bonchev–Trinajstić information content (AvgIpc) is 3.02. The van der Waals surface area contributed by atoms with E-state index in [-0.39, 0.29) is 18.3 Å². The maximum Gasteiger partial charge on any atom is 0.374 e. The van der Waals surface area contributed by atoms with Gasteiger partial charge in [0.15, 0.2) is 6.61 Å². The van der Waals surface area contributed by atoms with E-state index in [0.29, 0.717) is 22.5 Å². The maximum atomic E-state index is 11.9. The smallest absolute Gasteiger partial charge is 0.374 e. The molecule has 0 aliphatic heterocycles. The third-order valence-corrected chi connectivity index (χ3v) is 3.58. The van der Waals surface area contributed by atoms with Crippen LogP contribution in [-0.2, 0) is 16.1 Å². The van der Waals surface area contributed by atoms with Crippen molar-refractivity contribution in [1.82, 2.24) is 5.32 Å². The zero-order chi connectivity index (χ0) is 16.9.